The van der Waals surface area contributed by atoms with E-state index in [-0.39, 0.29) is 5.78 Å². The Hall–Kier alpha value is -2.14. The third-order valence-corrected chi connectivity index (χ3v) is 3.28. The van der Waals surface area contributed by atoms with Crippen LogP contribution in [0.5, 0.6) is 0 Å². The number of carbonyl (C=O) groups excluding carboxylic acids is 1. The van der Waals surface area contributed by atoms with Crippen LogP contribution in [-0.4, -0.2) is 10.8 Å². The molecule has 3 rings (SSSR count). The summed E-state index contributed by atoms with van der Waals surface area (Å²) in [5.74, 6) is -0.206. The monoisotopic (exact) mass is 316 g/mol. The molecule has 0 aliphatic heterocycles. The van der Waals surface area contributed by atoms with Gasteiger partial charge in [0.2, 0.25) is 5.78 Å². The van der Waals surface area contributed by atoms with Crippen molar-refractivity contribution in [3.05, 3.63) is 69.7 Å². The summed E-state index contributed by atoms with van der Waals surface area (Å²) in [7, 11) is 0. The quantitative estimate of drug-likeness (QED) is 0.449. The Bertz CT molecular complexity index is 727. The normalized spacial score (nSPS) is 10.8. The molecule has 2 heterocycles. The lowest BCUT2D eigenvalue weighted by Crippen LogP contribution is -2.26. The number of carbonyl (C=O) groups is 1. The molecule has 0 saturated heterocycles. The van der Waals surface area contributed by atoms with Gasteiger partial charge in [0.05, 0.1) is 15.7 Å². The molecule has 0 amide bonds. The molecule has 0 radical (unpaired) electrons. The van der Waals surface area contributed by atoms with E-state index >= 15 is 0 Å². The predicted octanol–water partition coefficient (Wildman–Crippen LogP) is 2.79. The Kier molecular flexibility index (Phi) is 2.83. The van der Waals surface area contributed by atoms with Gasteiger partial charge in [-0.15, -0.1) is 0 Å². The largest absolute Gasteiger partial charge is 0.619 e. The summed E-state index contributed by atoms with van der Waals surface area (Å²) in [4.78, 5) is 15.4. The molecule has 94 valence electrons. The lowest BCUT2D eigenvalue weighted by Gasteiger charge is -2.00. The van der Waals surface area contributed by atoms with Gasteiger partial charge in [-0.2, -0.15) is 4.73 Å². The van der Waals surface area contributed by atoms with E-state index in [0.29, 0.717) is 20.5 Å². The molecule has 19 heavy (non-hydrogen) atoms. The molecular formula is C14H9BrN2O2. The van der Waals surface area contributed by atoms with Gasteiger partial charge < -0.3 is 10.2 Å². The number of aromatic amines is 1. The molecule has 4 nitrogen and oxygen atoms in total. The maximum absolute atomic E-state index is 12.3. The lowest BCUT2D eigenvalue weighted by atomic mass is 10.1. The number of fused-ring (bicyclic) bond motifs is 1. The van der Waals surface area contributed by atoms with Gasteiger partial charge in [0.1, 0.15) is 0 Å². The predicted molar refractivity (Wildman–Crippen MR) is 74.8 cm³/mol. The van der Waals surface area contributed by atoms with Crippen molar-refractivity contribution in [3.63, 3.8) is 0 Å². The minimum Gasteiger partial charge on any atom is -0.619 e. The summed E-state index contributed by atoms with van der Waals surface area (Å²) < 4.78 is 1.18. The van der Waals surface area contributed by atoms with Crippen LogP contribution < -0.4 is 4.73 Å². The van der Waals surface area contributed by atoms with E-state index in [9.17, 15) is 10.0 Å². The first kappa shape index (κ1) is 11.9. The van der Waals surface area contributed by atoms with Gasteiger partial charge in [0.15, 0.2) is 12.4 Å². The maximum atomic E-state index is 12.3. The molecule has 0 atom stereocenters. The van der Waals surface area contributed by atoms with Crippen molar-refractivity contribution in [2.75, 3.05) is 0 Å². The molecule has 0 saturated carbocycles. The number of aromatic nitrogens is 2. The van der Waals surface area contributed by atoms with Gasteiger partial charge >= 0.3 is 0 Å². The topological polar surface area (TPSA) is 59.8 Å². The summed E-state index contributed by atoms with van der Waals surface area (Å²) in [6.45, 7) is 0. The summed E-state index contributed by atoms with van der Waals surface area (Å²) >= 11 is 3.21. The standard InChI is InChI=1S/C14H9BrN2O2/c15-11-5-10(7-17(19)8-11)14(18)13-6-9-3-1-2-4-12(9)16-13/h1-8,16H. The number of rotatable bonds is 2. The first-order chi connectivity index (χ1) is 9.13. The van der Waals surface area contributed by atoms with Crippen molar-refractivity contribution in [1.82, 2.24) is 4.98 Å². The number of para-hydroxylation sites is 1. The zero-order valence-corrected chi connectivity index (χ0v) is 11.3. The van der Waals surface area contributed by atoms with Gasteiger partial charge in [-0.3, -0.25) is 4.79 Å². The van der Waals surface area contributed by atoms with E-state index in [1.54, 1.807) is 12.1 Å². The highest BCUT2D eigenvalue weighted by Gasteiger charge is 2.15. The first-order valence-corrected chi connectivity index (χ1v) is 6.44. The number of hydrogen-bond donors (Lipinski definition) is 1. The molecule has 0 fully saturated rings. The van der Waals surface area contributed by atoms with Gasteiger partial charge in [0.25, 0.3) is 0 Å². The van der Waals surface area contributed by atoms with Crippen LogP contribution in [0.25, 0.3) is 10.9 Å². The molecule has 3 aromatic rings. The van der Waals surface area contributed by atoms with Crippen LogP contribution in [-0.2, 0) is 0 Å². The average molecular weight is 317 g/mol. The second-order valence-electron chi connectivity index (χ2n) is 4.20. The number of pyridine rings is 1. The van der Waals surface area contributed by atoms with Crippen LogP contribution in [0.2, 0.25) is 0 Å². The fourth-order valence-electron chi connectivity index (χ4n) is 1.99. The Balaban J connectivity index is 2.07. The second-order valence-corrected chi connectivity index (χ2v) is 5.12. The van der Waals surface area contributed by atoms with E-state index < -0.39 is 0 Å². The van der Waals surface area contributed by atoms with E-state index in [4.69, 9.17) is 0 Å². The summed E-state index contributed by atoms with van der Waals surface area (Å²) in [5, 5.41) is 12.3. The van der Waals surface area contributed by atoms with Gasteiger partial charge in [0, 0.05) is 10.9 Å². The highest BCUT2D eigenvalue weighted by atomic mass is 79.9. The van der Waals surface area contributed by atoms with Crippen LogP contribution in [0, 0.1) is 5.21 Å². The number of H-pyrrole nitrogens is 1. The van der Waals surface area contributed by atoms with Crippen molar-refractivity contribution >= 4 is 32.6 Å². The summed E-state index contributed by atoms with van der Waals surface area (Å²) in [5.41, 5.74) is 1.71. The Morgan fingerprint density at radius 3 is 2.74 bits per heavy atom. The third kappa shape index (κ3) is 2.24. The molecule has 0 unspecified atom stereocenters. The Morgan fingerprint density at radius 2 is 2.00 bits per heavy atom. The molecule has 1 N–H and O–H groups in total. The van der Waals surface area contributed by atoms with Crippen molar-refractivity contribution in [2.45, 2.75) is 0 Å². The van der Waals surface area contributed by atoms with Crippen LogP contribution >= 0.6 is 15.9 Å². The SMILES string of the molecule is O=C(c1cc(Br)c[n+]([O-])c1)c1cc2ccccc2[nH]1. The smallest absolute Gasteiger partial charge is 0.215 e. The number of hydrogen-bond acceptors (Lipinski definition) is 2. The molecule has 1 aromatic carbocycles. The molecular weight excluding hydrogens is 308 g/mol. The van der Waals surface area contributed by atoms with E-state index in [1.165, 1.54) is 12.4 Å². The molecule has 0 bridgehead atoms. The number of nitrogens with one attached hydrogen (secondary N) is 1. The highest BCUT2D eigenvalue weighted by Crippen LogP contribution is 2.18. The maximum Gasteiger partial charge on any atom is 0.215 e. The number of benzene rings is 1. The summed E-state index contributed by atoms with van der Waals surface area (Å²) in [6.07, 6.45) is 2.61. The van der Waals surface area contributed by atoms with Crippen LogP contribution in [0.15, 0.2) is 53.3 Å². The molecule has 2 aromatic heterocycles. The third-order valence-electron chi connectivity index (χ3n) is 2.85. The number of halogens is 1. The minimum atomic E-state index is -0.206. The van der Waals surface area contributed by atoms with Crippen molar-refractivity contribution < 1.29 is 9.52 Å². The zero-order chi connectivity index (χ0) is 13.4. The van der Waals surface area contributed by atoms with Crippen LogP contribution in [0.4, 0.5) is 0 Å². The fraction of sp³-hybridized carbons (Fsp3) is 0. The highest BCUT2D eigenvalue weighted by molar-refractivity contribution is 9.10. The molecule has 0 aliphatic rings. The number of ketones is 1. The van der Waals surface area contributed by atoms with Crippen molar-refractivity contribution in [3.8, 4) is 0 Å². The van der Waals surface area contributed by atoms with E-state index in [2.05, 4.69) is 20.9 Å². The van der Waals surface area contributed by atoms with Crippen molar-refractivity contribution in [1.29, 1.82) is 0 Å². The van der Waals surface area contributed by atoms with E-state index in [1.807, 2.05) is 24.3 Å². The van der Waals surface area contributed by atoms with Crippen LogP contribution in [0.1, 0.15) is 16.1 Å². The lowest BCUT2D eigenvalue weighted by molar-refractivity contribution is -0.606. The second kappa shape index (κ2) is 4.51. The molecule has 0 spiro atoms. The van der Waals surface area contributed by atoms with E-state index in [0.717, 1.165) is 10.9 Å². The zero-order valence-electron chi connectivity index (χ0n) is 9.76. The number of nitrogens with zero attached hydrogens (tertiary/aromatic N) is 1. The average Bonchev–Trinajstić information content (AvgIpc) is 2.80. The van der Waals surface area contributed by atoms with Gasteiger partial charge in [-0.05, 0) is 34.1 Å². The Labute approximate surface area is 117 Å². The first-order valence-electron chi connectivity index (χ1n) is 5.65. The van der Waals surface area contributed by atoms with Crippen LogP contribution in [0.3, 0.4) is 0 Å². The fourth-order valence-corrected chi connectivity index (χ4v) is 2.44. The van der Waals surface area contributed by atoms with Gasteiger partial charge in [-0.25, -0.2) is 0 Å². The molecule has 5 heteroatoms. The van der Waals surface area contributed by atoms with Gasteiger partial charge in [-0.1, -0.05) is 18.2 Å². The molecule has 0 aliphatic carbocycles. The Morgan fingerprint density at radius 1 is 1.21 bits per heavy atom. The summed E-state index contributed by atoms with van der Waals surface area (Å²) in [6, 6.07) is 11.1. The van der Waals surface area contributed by atoms with Crippen molar-refractivity contribution in [2.24, 2.45) is 0 Å². The minimum absolute atomic E-state index is 0.206.